The van der Waals surface area contributed by atoms with Crippen molar-refractivity contribution in [2.75, 3.05) is 11.1 Å². The lowest BCUT2D eigenvalue weighted by molar-refractivity contribution is -0.112. The van der Waals surface area contributed by atoms with Crippen LogP contribution in [0.1, 0.15) is 12.5 Å². The largest absolute Gasteiger partial charge is 0.379 e. The molecule has 0 fully saturated rings. The lowest BCUT2D eigenvalue weighted by Gasteiger charge is -2.07. The normalized spacial score (nSPS) is 12.1. The van der Waals surface area contributed by atoms with Gasteiger partial charge in [0, 0.05) is 0 Å². The molecule has 0 bridgehead atoms. The first-order valence-electron chi connectivity index (χ1n) is 9.23. The Morgan fingerprint density at radius 2 is 1.76 bits per heavy atom. The number of rotatable bonds is 8. The molecule has 13 heteroatoms. The molecule has 1 N–H and O–H groups in total. The van der Waals surface area contributed by atoms with E-state index in [1.165, 1.54) is 49.4 Å². The summed E-state index contributed by atoms with van der Waals surface area (Å²) in [7, 11) is -7.56. The number of hydrogen-bond donors (Lipinski definition) is 1. The van der Waals surface area contributed by atoms with Crippen LogP contribution in [0.5, 0.6) is 5.75 Å². The molecule has 33 heavy (non-hydrogen) atoms. The van der Waals surface area contributed by atoms with Crippen LogP contribution in [-0.2, 0) is 24.7 Å². The van der Waals surface area contributed by atoms with E-state index < -0.39 is 25.9 Å². The van der Waals surface area contributed by atoms with Crippen molar-refractivity contribution in [3.8, 4) is 11.8 Å². The van der Waals surface area contributed by atoms with Gasteiger partial charge >= 0.3 is 10.1 Å². The monoisotopic (exact) mass is 504 g/mol. The van der Waals surface area contributed by atoms with Crippen molar-refractivity contribution in [2.45, 2.75) is 16.2 Å². The molecule has 0 unspecified atom stereocenters. The Kier molecular flexibility index (Phi) is 7.22. The SMILES string of the molecule is CCS(=O)(=O)c1nnc(NC(=O)/C(C#N)=C\c2ccc(OS(=O)(=O)c3ccccc3)cc2)s1. The second-order valence-electron chi connectivity index (χ2n) is 6.32. The van der Waals surface area contributed by atoms with Crippen molar-refractivity contribution in [3.63, 3.8) is 0 Å². The summed E-state index contributed by atoms with van der Waals surface area (Å²) in [5.41, 5.74) is 0.147. The molecule has 0 saturated heterocycles. The minimum absolute atomic E-state index is 0.00369. The number of amides is 1. The Bertz CT molecular complexity index is 1440. The van der Waals surface area contributed by atoms with Gasteiger partial charge in [-0.3, -0.25) is 10.1 Å². The van der Waals surface area contributed by atoms with Crippen molar-refractivity contribution < 1.29 is 25.8 Å². The summed E-state index contributed by atoms with van der Waals surface area (Å²) >= 11 is 0.680. The fourth-order valence-corrected chi connectivity index (χ4v) is 5.30. The van der Waals surface area contributed by atoms with Gasteiger partial charge < -0.3 is 4.18 Å². The predicted molar refractivity (Wildman–Crippen MR) is 121 cm³/mol. The molecule has 0 aliphatic heterocycles. The van der Waals surface area contributed by atoms with E-state index in [0.29, 0.717) is 16.9 Å². The summed E-state index contributed by atoms with van der Waals surface area (Å²) in [5, 5.41) is 18.8. The van der Waals surface area contributed by atoms with E-state index in [1.807, 2.05) is 0 Å². The van der Waals surface area contributed by atoms with Crippen LogP contribution >= 0.6 is 11.3 Å². The van der Waals surface area contributed by atoms with Crippen LogP contribution in [0.2, 0.25) is 0 Å². The van der Waals surface area contributed by atoms with Crippen LogP contribution in [0.4, 0.5) is 5.13 Å². The van der Waals surface area contributed by atoms with Gasteiger partial charge in [-0.1, -0.05) is 48.6 Å². The second kappa shape index (κ2) is 9.90. The fourth-order valence-electron chi connectivity index (χ4n) is 2.37. The average Bonchev–Trinajstić information content (AvgIpc) is 3.28. The molecule has 170 valence electrons. The highest BCUT2D eigenvalue weighted by molar-refractivity contribution is 7.93. The fraction of sp³-hybridized carbons (Fsp3) is 0.100. The summed E-state index contributed by atoms with van der Waals surface area (Å²) < 4.78 is 53.0. The van der Waals surface area contributed by atoms with Gasteiger partial charge in [-0.25, -0.2) is 8.42 Å². The van der Waals surface area contributed by atoms with Crippen LogP contribution in [0.3, 0.4) is 0 Å². The molecule has 0 radical (unpaired) electrons. The summed E-state index contributed by atoms with van der Waals surface area (Å²) in [4.78, 5) is 12.4. The molecule has 2 aromatic carbocycles. The highest BCUT2D eigenvalue weighted by Gasteiger charge is 2.20. The Morgan fingerprint density at radius 3 is 2.36 bits per heavy atom. The van der Waals surface area contributed by atoms with Crippen LogP contribution < -0.4 is 9.50 Å². The van der Waals surface area contributed by atoms with Gasteiger partial charge in [0.1, 0.15) is 22.3 Å². The number of benzene rings is 2. The smallest absolute Gasteiger partial charge is 0.339 e. The van der Waals surface area contributed by atoms with Gasteiger partial charge in [0.25, 0.3) is 5.91 Å². The minimum atomic E-state index is -4.00. The summed E-state index contributed by atoms with van der Waals surface area (Å²) in [6, 6.07) is 15.1. The molecule has 3 aromatic rings. The van der Waals surface area contributed by atoms with Gasteiger partial charge in [-0.15, -0.1) is 10.2 Å². The van der Waals surface area contributed by atoms with Crippen molar-refractivity contribution in [1.29, 1.82) is 5.26 Å². The summed E-state index contributed by atoms with van der Waals surface area (Å²) in [5.74, 6) is -0.913. The van der Waals surface area contributed by atoms with Crippen molar-refractivity contribution in [2.24, 2.45) is 0 Å². The van der Waals surface area contributed by atoms with Crippen LogP contribution in [0.15, 0.2) is 69.4 Å². The maximum absolute atomic E-state index is 12.4. The van der Waals surface area contributed by atoms with Gasteiger partial charge in [0.15, 0.2) is 0 Å². The van der Waals surface area contributed by atoms with Gasteiger partial charge in [0.05, 0.1) is 5.75 Å². The number of hydrogen-bond acceptors (Lipinski definition) is 10. The quantitative estimate of drug-likeness (QED) is 0.211. The molecule has 0 atom stereocenters. The lowest BCUT2D eigenvalue weighted by atomic mass is 10.1. The molecular weight excluding hydrogens is 488 g/mol. The van der Waals surface area contributed by atoms with E-state index >= 15 is 0 Å². The molecule has 1 heterocycles. The topological polar surface area (TPSA) is 156 Å². The zero-order chi connectivity index (χ0) is 24.1. The minimum Gasteiger partial charge on any atom is -0.379 e. The number of anilines is 1. The molecular formula is C20H16N4O6S3. The highest BCUT2D eigenvalue weighted by Crippen LogP contribution is 2.22. The first kappa shape index (κ1) is 24.1. The van der Waals surface area contributed by atoms with E-state index in [2.05, 4.69) is 15.5 Å². The number of aromatic nitrogens is 2. The number of nitrogens with one attached hydrogen (secondary N) is 1. The molecule has 0 saturated carbocycles. The third-order valence-corrected chi connectivity index (χ3v) is 8.35. The number of carbonyl (C=O) groups is 1. The first-order chi connectivity index (χ1) is 15.6. The van der Waals surface area contributed by atoms with E-state index in [0.717, 1.165) is 0 Å². The average molecular weight is 505 g/mol. The molecule has 1 aromatic heterocycles. The van der Waals surface area contributed by atoms with Crippen molar-refractivity contribution >= 4 is 48.4 Å². The summed E-state index contributed by atoms with van der Waals surface area (Å²) in [6.07, 6.45) is 1.27. The first-order valence-corrected chi connectivity index (χ1v) is 13.1. The molecule has 10 nitrogen and oxygen atoms in total. The molecule has 0 aliphatic carbocycles. The molecule has 1 amide bonds. The zero-order valence-electron chi connectivity index (χ0n) is 17.0. The molecule has 3 rings (SSSR count). The van der Waals surface area contributed by atoms with E-state index in [-0.39, 0.29) is 31.4 Å². The third kappa shape index (κ3) is 6.01. The van der Waals surface area contributed by atoms with Gasteiger partial charge in [0.2, 0.25) is 19.3 Å². The molecule has 0 aliphatic rings. The Morgan fingerprint density at radius 1 is 1.09 bits per heavy atom. The van der Waals surface area contributed by atoms with Crippen LogP contribution in [-0.4, -0.2) is 38.7 Å². The standard InChI is InChI=1S/C20H16N4O6S3/c1-2-32(26,27)20-24-23-19(31-20)22-18(25)15(13-21)12-14-8-10-16(11-9-14)30-33(28,29)17-6-4-3-5-7-17/h3-12H,2H2,1H3,(H,22,23,25)/b15-12-. The van der Waals surface area contributed by atoms with Gasteiger partial charge in [-0.2, -0.15) is 13.7 Å². The zero-order valence-corrected chi connectivity index (χ0v) is 19.4. The predicted octanol–water partition coefficient (Wildman–Crippen LogP) is 2.65. The van der Waals surface area contributed by atoms with Crippen LogP contribution in [0.25, 0.3) is 6.08 Å². The van der Waals surface area contributed by atoms with Crippen molar-refractivity contribution in [1.82, 2.24) is 10.2 Å². The van der Waals surface area contributed by atoms with E-state index in [4.69, 9.17) is 4.18 Å². The van der Waals surface area contributed by atoms with E-state index in [9.17, 15) is 26.9 Å². The second-order valence-corrected chi connectivity index (χ2v) is 11.3. The molecule has 0 spiro atoms. The highest BCUT2D eigenvalue weighted by atomic mass is 32.2. The van der Waals surface area contributed by atoms with Crippen molar-refractivity contribution in [3.05, 3.63) is 65.7 Å². The lowest BCUT2D eigenvalue weighted by Crippen LogP contribution is -2.13. The number of nitrogens with zero attached hydrogens (tertiary/aromatic N) is 3. The van der Waals surface area contributed by atoms with Gasteiger partial charge in [-0.05, 0) is 35.9 Å². The maximum atomic E-state index is 12.4. The Balaban J connectivity index is 1.72. The Labute approximate surface area is 194 Å². The summed E-state index contributed by atoms with van der Waals surface area (Å²) in [6.45, 7) is 1.46. The van der Waals surface area contributed by atoms with E-state index in [1.54, 1.807) is 24.3 Å². The van der Waals surface area contributed by atoms with Crippen LogP contribution in [0, 0.1) is 11.3 Å². The maximum Gasteiger partial charge on any atom is 0.339 e. The number of nitriles is 1. The number of sulfone groups is 1. The Hall–Kier alpha value is -3.60. The third-order valence-electron chi connectivity index (χ3n) is 4.07. The number of carbonyl (C=O) groups excluding carboxylic acids is 1.